The average Bonchev–Trinajstić information content (AvgIpc) is 3.10. The van der Waals surface area contributed by atoms with E-state index < -0.39 is 4.92 Å². The molecule has 3 aromatic rings. The van der Waals surface area contributed by atoms with Crippen LogP contribution in [0, 0.1) is 24.0 Å². The first kappa shape index (κ1) is 18.4. The predicted molar refractivity (Wildman–Crippen MR) is 110 cm³/mol. The highest BCUT2D eigenvalue weighted by atomic mass is 32.1. The minimum absolute atomic E-state index is 0.0652. The Labute approximate surface area is 166 Å². The number of benzene rings is 2. The molecule has 1 amide bonds. The van der Waals surface area contributed by atoms with Crippen LogP contribution in [0.5, 0.6) is 0 Å². The third-order valence-electron chi connectivity index (χ3n) is 5.13. The summed E-state index contributed by atoms with van der Waals surface area (Å²) in [7, 11) is 0. The Morgan fingerprint density at radius 3 is 2.54 bits per heavy atom. The molecule has 0 spiro atoms. The summed E-state index contributed by atoms with van der Waals surface area (Å²) in [5.41, 5.74) is 3.79. The van der Waals surface area contributed by atoms with Gasteiger partial charge in [-0.15, -0.1) is 0 Å². The molecule has 0 bridgehead atoms. The molecule has 2 aromatic carbocycles. The number of non-ortho nitro benzene ring substituents is 1. The molecule has 1 aromatic heterocycles. The zero-order chi connectivity index (χ0) is 19.8. The number of fused-ring (bicyclic) bond motifs is 1. The van der Waals surface area contributed by atoms with Crippen LogP contribution in [-0.4, -0.2) is 46.9 Å². The van der Waals surface area contributed by atoms with Gasteiger partial charge in [0, 0.05) is 43.9 Å². The fourth-order valence-corrected chi connectivity index (χ4v) is 4.44. The van der Waals surface area contributed by atoms with Crippen LogP contribution in [0.15, 0.2) is 36.4 Å². The van der Waals surface area contributed by atoms with Gasteiger partial charge in [-0.05, 0) is 43.2 Å². The van der Waals surface area contributed by atoms with E-state index in [0.717, 1.165) is 10.6 Å². The SMILES string of the molecule is Cc1cc2nc(N3CCN(C(=O)c4cccc([N+](=O)[O-])c4)CC3)sc2cc1C. The van der Waals surface area contributed by atoms with Crippen LogP contribution in [0.4, 0.5) is 10.8 Å². The number of rotatable bonds is 3. The lowest BCUT2D eigenvalue weighted by atomic mass is 10.1. The van der Waals surface area contributed by atoms with Crippen LogP contribution in [0.25, 0.3) is 10.2 Å². The van der Waals surface area contributed by atoms with Crippen molar-refractivity contribution in [3.63, 3.8) is 0 Å². The third kappa shape index (κ3) is 3.43. The van der Waals surface area contributed by atoms with E-state index in [4.69, 9.17) is 4.98 Å². The summed E-state index contributed by atoms with van der Waals surface area (Å²) < 4.78 is 1.17. The molecule has 0 aliphatic carbocycles. The van der Waals surface area contributed by atoms with E-state index in [1.807, 2.05) is 0 Å². The number of nitro groups is 1. The molecule has 8 heteroatoms. The number of carbonyl (C=O) groups is 1. The molecular formula is C20H20N4O3S. The molecule has 7 nitrogen and oxygen atoms in total. The van der Waals surface area contributed by atoms with Gasteiger partial charge < -0.3 is 9.80 Å². The summed E-state index contributed by atoms with van der Waals surface area (Å²) in [6.45, 7) is 6.71. The first-order valence-electron chi connectivity index (χ1n) is 9.09. The number of hydrogen-bond donors (Lipinski definition) is 0. The molecule has 0 atom stereocenters. The van der Waals surface area contributed by atoms with Crippen LogP contribution >= 0.6 is 11.3 Å². The molecule has 2 heterocycles. The van der Waals surface area contributed by atoms with Crippen molar-refractivity contribution < 1.29 is 9.72 Å². The average molecular weight is 396 g/mol. The lowest BCUT2D eigenvalue weighted by molar-refractivity contribution is -0.384. The summed E-state index contributed by atoms with van der Waals surface area (Å²) in [6, 6.07) is 10.2. The van der Waals surface area contributed by atoms with Crippen LogP contribution < -0.4 is 4.90 Å². The standard InChI is InChI=1S/C20H20N4O3S/c1-13-10-17-18(11-14(13)2)28-20(21-17)23-8-6-22(7-9-23)19(25)15-4-3-5-16(12-15)24(26)27/h3-5,10-12H,6-9H2,1-2H3. The van der Waals surface area contributed by atoms with Gasteiger partial charge in [-0.3, -0.25) is 14.9 Å². The molecule has 1 fully saturated rings. The summed E-state index contributed by atoms with van der Waals surface area (Å²) >= 11 is 1.67. The van der Waals surface area contributed by atoms with Crippen molar-refractivity contribution in [2.45, 2.75) is 13.8 Å². The molecular weight excluding hydrogens is 376 g/mol. The quantitative estimate of drug-likeness (QED) is 0.497. The number of piperazine rings is 1. The highest BCUT2D eigenvalue weighted by Crippen LogP contribution is 2.31. The van der Waals surface area contributed by atoms with Gasteiger partial charge >= 0.3 is 0 Å². The Morgan fingerprint density at radius 1 is 1.11 bits per heavy atom. The van der Waals surface area contributed by atoms with Crippen molar-refractivity contribution in [1.82, 2.24) is 9.88 Å². The molecule has 4 rings (SSSR count). The van der Waals surface area contributed by atoms with E-state index in [2.05, 4.69) is 30.9 Å². The van der Waals surface area contributed by atoms with E-state index >= 15 is 0 Å². The number of aryl methyl sites for hydroxylation is 2. The number of nitro benzene ring substituents is 1. The van der Waals surface area contributed by atoms with Crippen molar-refractivity contribution in [3.8, 4) is 0 Å². The first-order valence-corrected chi connectivity index (χ1v) is 9.90. The van der Waals surface area contributed by atoms with Gasteiger partial charge in [0.2, 0.25) is 0 Å². The van der Waals surface area contributed by atoms with E-state index in [9.17, 15) is 14.9 Å². The van der Waals surface area contributed by atoms with Crippen molar-refractivity contribution in [3.05, 3.63) is 63.2 Å². The zero-order valence-corrected chi connectivity index (χ0v) is 16.5. The van der Waals surface area contributed by atoms with Gasteiger partial charge in [0.1, 0.15) is 0 Å². The number of anilines is 1. The Kier molecular flexibility index (Phi) is 4.72. The van der Waals surface area contributed by atoms with Gasteiger partial charge in [0.25, 0.3) is 11.6 Å². The summed E-state index contributed by atoms with van der Waals surface area (Å²) in [6.07, 6.45) is 0. The molecule has 0 unspecified atom stereocenters. The zero-order valence-electron chi connectivity index (χ0n) is 15.7. The molecule has 144 valence electrons. The van der Waals surface area contributed by atoms with Crippen molar-refractivity contribution in [2.75, 3.05) is 31.1 Å². The Balaban J connectivity index is 1.46. The summed E-state index contributed by atoms with van der Waals surface area (Å²) in [4.78, 5) is 31.9. The summed E-state index contributed by atoms with van der Waals surface area (Å²) in [5, 5.41) is 11.9. The molecule has 0 radical (unpaired) electrons. The van der Waals surface area contributed by atoms with Gasteiger partial charge in [-0.2, -0.15) is 0 Å². The molecule has 0 N–H and O–H groups in total. The topological polar surface area (TPSA) is 79.6 Å². The second-order valence-electron chi connectivity index (χ2n) is 6.99. The minimum Gasteiger partial charge on any atom is -0.345 e. The molecule has 1 saturated heterocycles. The third-order valence-corrected chi connectivity index (χ3v) is 6.21. The fourth-order valence-electron chi connectivity index (χ4n) is 3.34. The number of hydrogen-bond acceptors (Lipinski definition) is 6. The first-order chi connectivity index (χ1) is 13.4. The van der Waals surface area contributed by atoms with Gasteiger partial charge in [-0.25, -0.2) is 4.98 Å². The van der Waals surface area contributed by atoms with Crippen molar-refractivity contribution >= 4 is 38.3 Å². The largest absolute Gasteiger partial charge is 0.345 e. The molecule has 1 aliphatic heterocycles. The highest BCUT2D eigenvalue weighted by molar-refractivity contribution is 7.22. The lowest BCUT2D eigenvalue weighted by Crippen LogP contribution is -2.48. The van der Waals surface area contributed by atoms with Crippen LogP contribution in [0.3, 0.4) is 0 Å². The van der Waals surface area contributed by atoms with Gasteiger partial charge in [0.15, 0.2) is 5.13 Å². The maximum atomic E-state index is 12.7. The molecule has 0 saturated carbocycles. The Hall–Kier alpha value is -3.00. The number of amides is 1. The second kappa shape index (κ2) is 7.20. The number of carbonyl (C=O) groups excluding carboxylic acids is 1. The number of thiazole rings is 1. The Morgan fingerprint density at radius 2 is 1.82 bits per heavy atom. The van der Waals surface area contributed by atoms with Gasteiger partial charge in [0.05, 0.1) is 15.1 Å². The summed E-state index contributed by atoms with van der Waals surface area (Å²) in [5.74, 6) is -0.168. The smallest absolute Gasteiger partial charge is 0.270 e. The second-order valence-corrected chi connectivity index (χ2v) is 8.00. The number of nitrogens with zero attached hydrogens (tertiary/aromatic N) is 4. The molecule has 28 heavy (non-hydrogen) atoms. The predicted octanol–water partition coefficient (Wildman–Crippen LogP) is 3.78. The monoisotopic (exact) mass is 396 g/mol. The van der Waals surface area contributed by atoms with E-state index in [0.29, 0.717) is 31.7 Å². The van der Waals surface area contributed by atoms with Crippen LogP contribution in [-0.2, 0) is 0 Å². The fraction of sp³-hybridized carbons (Fsp3) is 0.300. The molecule has 1 aliphatic rings. The maximum absolute atomic E-state index is 12.7. The van der Waals surface area contributed by atoms with Crippen LogP contribution in [0.2, 0.25) is 0 Å². The lowest BCUT2D eigenvalue weighted by Gasteiger charge is -2.34. The van der Waals surface area contributed by atoms with E-state index in [1.165, 1.54) is 28.0 Å². The maximum Gasteiger partial charge on any atom is 0.270 e. The van der Waals surface area contributed by atoms with Crippen molar-refractivity contribution in [1.29, 1.82) is 0 Å². The Bertz CT molecular complexity index is 1030. The van der Waals surface area contributed by atoms with Crippen LogP contribution in [0.1, 0.15) is 21.5 Å². The van der Waals surface area contributed by atoms with E-state index in [1.54, 1.807) is 28.4 Å². The van der Waals surface area contributed by atoms with Gasteiger partial charge in [-0.1, -0.05) is 17.4 Å². The number of aromatic nitrogens is 1. The van der Waals surface area contributed by atoms with Crippen molar-refractivity contribution in [2.24, 2.45) is 0 Å². The van der Waals surface area contributed by atoms with E-state index in [-0.39, 0.29) is 11.6 Å². The normalized spacial score (nSPS) is 14.5. The highest BCUT2D eigenvalue weighted by Gasteiger charge is 2.25. The minimum atomic E-state index is -0.481.